The number of thiazole rings is 1. The van der Waals surface area contributed by atoms with E-state index in [1.54, 1.807) is 6.92 Å². The van der Waals surface area contributed by atoms with E-state index in [0.29, 0.717) is 23.6 Å². The van der Waals surface area contributed by atoms with Crippen molar-refractivity contribution in [2.24, 2.45) is 0 Å². The highest BCUT2D eigenvalue weighted by Gasteiger charge is 2.27. The van der Waals surface area contributed by atoms with Gasteiger partial charge in [-0.25, -0.2) is 9.78 Å². The standard InChI is InChI=1S/C13H20N2O2S2/c1-4-17-12(16)11-8(2)19-13(15-11)14-9-6-5-7-10(9)18-3/h9-10H,4-7H2,1-3H3,(H,14,15). The zero-order chi connectivity index (χ0) is 13.8. The predicted molar refractivity (Wildman–Crippen MR) is 81.4 cm³/mol. The Kier molecular flexibility index (Phi) is 5.10. The summed E-state index contributed by atoms with van der Waals surface area (Å²) in [5, 5.41) is 4.97. The zero-order valence-electron chi connectivity index (χ0n) is 11.6. The van der Waals surface area contributed by atoms with Gasteiger partial charge < -0.3 is 10.1 Å². The minimum absolute atomic E-state index is 0.322. The first-order chi connectivity index (χ1) is 9.15. The van der Waals surface area contributed by atoms with Crippen LogP contribution in [-0.2, 0) is 4.74 Å². The Hall–Kier alpha value is -0.750. The summed E-state index contributed by atoms with van der Waals surface area (Å²) in [5.74, 6) is -0.322. The number of hydrogen-bond acceptors (Lipinski definition) is 6. The minimum Gasteiger partial charge on any atom is -0.461 e. The lowest BCUT2D eigenvalue weighted by molar-refractivity contribution is 0.0519. The molecule has 0 aromatic carbocycles. The number of ether oxygens (including phenoxy) is 1. The summed E-state index contributed by atoms with van der Waals surface area (Å²) in [5.41, 5.74) is 0.452. The van der Waals surface area contributed by atoms with E-state index in [2.05, 4.69) is 16.6 Å². The Balaban J connectivity index is 2.05. The molecule has 0 saturated heterocycles. The van der Waals surface area contributed by atoms with Crippen LogP contribution in [0, 0.1) is 6.92 Å². The van der Waals surface area contributed by atoms with Crippen molar-refractivity contribution in [1.82, 2.24) is 4.98 Å². The monoisotopic (exact) mass is 300 g/mol. The van der Waals surface area contributed by atoms with E-state index in [4.69, 9.17) is 4.74 Å². The van der Waals surface area contributed by atoms with Gasteiger partial charge in [0, 0.05) is 16.2 Å². The molecule has 6 heteroatoms. The highest BCUT2D eigenvalue weighted by atomic mass is 32.2. The summed E-state index contributed by atoms with van der Waals surface area (Å²) in [6, 6.07) is 0.468. The van der Waals surface area contributed by atoms with Crippen LogP contribution in [-0.4, -0.2) is 35.1 Å². The van der Waals surface area contributed by atoms with Crippen molar-refractivity contribution in [1.29, 1.82) is 0 Å². The Bertz CT molecular complexity index is 448. The number of hydrogen-bond donors (Lipinski definition) is 1. The molecule has 1 saturated carbocycles. The molecule has 0 aliphatic heterocycles. The van der Waals surface area contributed by atoms with Crippen molar-refractivity contribution in [3.05, 3.63) is 10.6 Å². The van der Waals surface area contributed by atoms with Crippen LogP contribution in [0.2, 0.25) is 0 Å². The molecule has 0 bridgehead atoms. The van der Waals surface area contributed by atoms with Gasteiger partial charge in [0.25, 0.3) is 0 Å². The molecule has 1 N–H and O–H groups in total. The van der Waals surface area contributed by atoms with E-state index in [0.717, 1.165) is 10.0 Å². The SMILES string of the molecule is CCOC(=O)c1nc(NC2CCCC2SC)sc1C. The average molecular weight is 300 g/mol. The van der Waals surface area contributed by atoms with Crippen molar-refractivity contribution in [2.75, 3.05) is 18.2 Å². The van der Waals surface area contributed by atoms with Gasteiger partial charge in [-0.15, -0.1) is 11.3 Å². The van der Waals surface area contributed by atoms with Gasteiger partial charge in [0.15, 0.2) is 10.8 Å². The molecule has 4 nitrogen and oxygen atoms in total. The molecule has 1 aromatic rings. The fourth-order valence-corrected chi connectivity index (χ4v) is 4.18. The Morgan fingerprint density at radius 2 is 2.37 bits per heavy atom. The molecule has 1 fully saturated rings. The fraction of sp³-hybridized carbons (Fsp3) is 0.692. The summed E-state index contributed by atoms with van der Waals surface area (Å²) in [4.78, 5) is 17.0. The second-order valence-electron chi connectivity index (χ2n) is 4.60. The van der Waals surface area contributed by atoms with Gasteiger partial charge in [0.2, 0.25) is 0 Å². The number of aromatic nitrogens is 1. The summed E-state index contributed by atoms with van der Waals surface area (Å²) in [7, 11) is 0. The molecular formula is C13H20N2O2S2. The molecular weight excluding hydrogens is 280 g/mol. The molecule has 2 rings (SSSR count). The van der Waals surface area contributed by atoms with Crippen LogP contribution >= 0.6 is 23.1 Å². The van der Waals surface area contributed by atoms with E-state index < -0.39 is 0 Å². The lowest BCUT2D eigenvalue weighted by Gasteiger charge is -2.18. The number of carbonyl (C=O) groups excluding carboxylic acids is 1. The van der Waals surface area contributed by atoms with E-state index in [1.165, 1.54) is 30.6 Å². The number of esters is 1. The van der Waals surface area contributed by atoms with Crippen LogP contribution in [0.4, 0.5) is 5.13 Å². The van der Waals surface area contributed by atoms with Gasteiger partial charge >= 0.3 is 5.97 Å². The topological polar surface area (TPSA) is 51.2 Å². The van der Waals surface area contributed by atoms with Crippen LogP contribution in [0.15, 0.2) is 0 Å². The molecule has 0 spiro atoms. The summed E-state index contributed by atoms with van der Waals surface area (Å²) in [6.45, 7) is 4.10. The Labute approximate surface area is 122 Å². The van der Waals surface area contributed by atoms with Gasteiger partial charge in [-0.1, -0.05) is 6.42 Å². The molecule has 1 aliphatic rings. The van der Waals surface area contributed by atoms with Gasteiger partial charge in [0.05, 0.1) is 6.61 Å². The van der Waals surface area contributed by atoms with Crippen molar-refractivity contribution >= 4 is 34.2 Å². The Morgan fingerprint density at radius 1 is 1.58 bits per heavy atom. The normalized spacial score (nSPS) is 22.5. The van der Waals surface area contributed by atoms with E-state index in [9.17, 15) is 4.79 Å². The lowest BCUT2D eigenvalue weighted by Crippen LogP contribution is -2.25. The van der Waals surface area contributed by atoms with Crippen molar-refractivity contribution in [3.63, 3.8) is 0 Å². The maximum atomic E-state index is 11.7. The van der Waals surface area contributed by atoms with Crippen LogP contribution in [0.5, 0.6) is 0 Å². The van der Waals surface area contributed by atoms with E-state index in [1.807, 2.05) is 18.7 Å². The van der Waals surface area contributed by atoms with Crippen molar-refractivity contribution in [3.8, 4) is 0 Å². The molecule has 1 aromatic heterocycles. The van der Waals surface area contributed by atoms with Crippen LogP contribution in [0.25, 0.3) is 0 Å². The molecule has 1 aliphatic carbocycles. The van der Waals surface area contributed by atoms with Gasteiger partial charge in [0.1, 0.15) is 0 Å². The van der Waals surface area contributed by atoms with Crippen LogP contribution in [0.1, 0.15) is 41.6 Å². The number of nitrogens with zero attached hydrogens (tertiary/aromatic N) is 1. The van der Waals surface area contributed by atoms with Gasteiger partial charge in [-0.2, -0.15) is 11.8 Å². The molecule has 0 radical (unpaired) electrons. The second-order valence-corrected chi connectivity index (χ2v) is 6.88. The summed E-state index contributed by atoms with van der Waals surface area (Å²) < 4.78 is 5.01. The molecule has 0 amide bonds. The number of rotatable bonds is 5. The van der Waals surface area contributed by atoms with Crippen molar-refractivity contribution in [2.45, 2.75) is 44.4 Å². The summed E-state index contributed by atoms with van der Waals surface area (Å²) >= 11 is 3.44. The Morgan fingerprint density at radius 3 is 3.05 bits per heavy atom. The largest absolute Gasteiger partial charge is 0.461 e. The molecule has 1 heterocycles. The first kappa shape index (κ1) is 14.7. The molecule has 2 atom stereocenters. The first-order valence-corrected chi connectivity index (χ1v) is 8.70. The maximum Gasteiger partial charge on any atom is 0.358 e. The molecule has 19 heavy (non-hydrogen) atoms. The fourth-order valence-electron chi connectivity index (χ4n) is 2.38. The number of nitrogens with one attached hydrogen (secondary N) is 1. The van der Waals surface area contributed by atoms with Crippen LogP contribution < -0.4 is 5.32 Å². The number of anilines is 1. The maximum absolute atomic E-state index is 11.7. The number of carbonyl (C=O) groups is 1. The van der Waals surface area contributed by atoms with Crippen LogP contribution in [0.3, 0.4) is 0 Å². The smallest absolute Gasteiger partial charge is 0.358 e. The third kappa shape index (κ3) is 3.42. The highest BCUT2D eigenvalue weighted by Crippen LogP contribution is 2.32. The molecule has 106 valence electrons. The lowest BCUT2D eigenvalue weighted by atomic mass is 10.2. The third-order valence-electron chi connectivity index (χ3n) is 3.33. The third-order valence-corrected chi connectivity index (χ3v) is 5.40. The first-order valence-electron chi connectivity index (χ1n) is 6.59. The quantitative estimate of drug-likeness (QED) is 0.845. The van der Waals surface area contributed by atoms with Crippen molar-refractivity contribution < 1.29 is 9.53 Å². The average Bonchev–Trinajstić information content (AvgIpc) is 2.96. The van der Waals surface area contributed by atoms with E-state index in [-0.39, 0.29) is 5.97 Å². The minimum atomic E-state index is -0.322. The zero-order valence-corrected chi connectivity index (χ0v) is 13.2. The predicted octanol–water partition coefficient (Wildman–Crippen LogP) is 3.32. The number of thioether (sulfide) groups is 1. The van der Waals surface area contributed by atoms with Gasteiger partial charge in [-0.3, -0.25) is 0 Å². The second kappa shape index (κ2) is 6.61. The summed E-state index contributed by atoms with van der Waals surface area (Å²) in [6.07, 6.45) is 5.85. The number of aryl methyl sites for hydroxylation is 1. The molecule has 2 unspecified atom stereocenters. The van der Waals surface area contributed by atoms with E-state index >= 15 is 0 Å². The highest BCUT2D eigenvalue weighted by molar-refractivity contribution is 7.99. The van der Waals surface area contributed by atoms with Gasteiger partial charge in [-0.05, 0) is 32.9 Å².